The molecule has 0 fully saturated rings. The summed E-state index contributed by atoms with van der Waals surface area (Å²) in [6, 6.07) is 52.3. The first-order valence-corrected chi connectivity index (χ1v) is 14.4. The van der Waals surface area contributed by atoms with Crippen molar-refractivity contribution in [2.45, 2.75) is 5.41 Å². The van der Waals surface area contributed by atoms with Crippen molar-refractivity contribution in [1.29, 1.82) is 0 Å². The van der Waals surface area contributed by atoms with Gasteiger partial charge in [0, 0.05) is 22.9 Å². The molecule has 0 spiro atoms. The molecule has 2 heterocycles. The molecule has 4 nitrogen and oxygen atoms in total. The van der Waals surface area contributed by atoms with Gasteiger partial charge >= 0.3 is 0 Å². The van der Waals surface area contributed by atoms with E-state index in [-0.39, 0.29) is 0 Å². The fraction of sp³-hybridized carbons (Fsp3) is 0.0256. The minimum Gasteiger partial charge on any atom is -0.260 e. The Balaban J connectivity index is 1.41. The number of hydrogen-bond acceptors (Lipinski definition) is 4. The zero-order chi connectivity index (χ0) is 28.6. The largest absolute Gasteiger partial charge is 0.260 e. The minimum absolute atomic E-state index is 0.595. The van der Waals surface area contributed by atoms with Gasteiger partial charge in [0.15, 0.2) is 17.5 Å². The SMILES string of the molecule is c1ccc(-c2nc(-c3ccccc3)nc(-c3ccc4c(c3)C(c3ccccc3)(c3ccccn3)c3ccccc3-4)n2)cc1. The van der Waals surface area contributed by atoms with E-state index in [0.717, 1.165) is 22.4 Å². The molecule has 0 saturated carbocycles. The van der Waals surface area contributed by atoms with Gasteiger partial charge in [-0.1, -0.05) is 133 Å². The second-order valence-corrected chi connectivity index (χ2v) is 10.7. The van der Waals surface area contributed by atoms with Crippen LogP contribution in [0.2, 0.25) is 0 Å². The Bertz CT molecular complexity index is 1960. The average molecular weight is 551 g/mol. The van der Waals surface area contributed by atoms with Gasteiger partial charge in [-0.15, -0.1) is 0 Å². The Labute approximate surface area is 250 Å². The van der Waals surface area contributed by atoms with Crippen LogP contribution in [0.15, 0.2) is 158 Å². The number of benzene rings is 5. The van der Waals surface area contributed by atoms with Crippen LogP contribution in [0.4, 0.5) is 0 Å². The molecule has 1 atom stereocenters. The number of hydrogen-bond donors (Lipinski definition) is 0. The summed E-state index contributed by atoms with van der Waals surface area (Å²) in [5, 5.41) is 0. The van der Waals surface area contributed by atoms with E-state index in [0.29, 0.717) is 17.5 Å². The van der Waals surface area contributed by atoms with Gasteiger partial charge in [-0.2, -0.15) is 0 Å². The van der Waals surface area contributed by atoms with Gasteiger partial charge in [0.25, 0.3) is 0 Å². The monoisotopic (exact) mass is 550 g/mol. The summed E-state index contributed by atoms with van der Waals surface area (Å²) in [6.07, 6.45) is 1.88. The average Bonchev–Trinajstić information content (AvgIpc) is 3.40. The molecule has 43 heavy (non-hydrogen) atoms. The fourth-order valence-electron chi connectivity index (χ4n) is 6.36. The van der Waals surface area contributed by atoms with Crippen LogP contribution in [-0.2, 0) is 5.41 Å². The molecular weight excluding hydrogens is 524 g/mol. The van der Waals surface area contributed by atoms with Crippen molar-refractivity contribution in [2.24, 2.45) is 0 Å². The highest BCUT2D eigenvalue weighted by Crippen LogP contribution is 2.56. The molecular formula is C39H26N4. The van der Waals surface area contributed by atoms with Crippen LogP contribution in [-0.4, -0.2) is 19.9 Å². The molecule has 0 aliphatic heterocycles. The summed E-state index contributed by atoms with van der Waals surface area (Å²) >= 11 is 0. The Morgan fingerprint density at radius 2 is 0.930 bits per heavy atom. The highest BCUT2D eigenvalue weighted by atomic mass is 15.0. The van der Waals surface area contributed by atoms with Gasteiger partial charge in [0.05, 0.1) is 11.1 Å². The van der Waals surface area contributed by atoms with Crippen LogP contribution in [0.25, 0.3) is 45.3 Å². The molecule has 1 aliphatic carbocycles. The maximum Gasteiger partial charge on any atom is 0.164 e. The first-order valence-electron chi connectivity index (χ1n) is 14.4. The van der Waals surface area contributed by atoms with Crippen molar-refractivity contribution in [3.05, 3.63) is 180 Å². The third-order valence-corrected chi connectivity index (χ3v) is 8.26. The highest BCUT2D eigenvalue weighted by molar-refractivity contribution is 5.87. The standard InChI is InChI=1S/C39H26N4/c1-4-14-27(15-5-1)36-41-37(28-16-6-2-7-17-28)43-38(42-36)29-23-24-32-31-20-10-11-21-33(31)39(34(32)26-29,30-18-8-3-9-19-30)35-22-12-13-25-40-35/h1-26H. The van der Waals surface area contributed by atoms with E-state index in [9.17, 15) is 0 Å². The molecule has 0 amide bonds. The molecule has 7 aromatic rings. The first kappa shape index (κ1) is 25.0. The molecule has 0 saturated heterocycles. The maximum atomic E-state index is 5.03. The summed E-state index contributed by atoms with van der Waals surface area (Å²) in [7, 11) is 0. The predicted octanol–water partition coefficient (Wildman–Crippen LogP) is 8.63. The van der Waals surface area contributed by atoms with Crippen molar-refractivity contribution in [2.75, 3.05) is 0 Å². The lowest BCUT2D eigenvalue weighted by Crippen LogP contribution is -2.29. The molecule has 2 aromatic heterocycles. The van der Waals surface area contributed by atoms with E-state index in [1.165, 1.54) is 27.8 Å². The first-order chi connectivity index (χ1) is 21.3. The molecule has 4 heteroatoms. The van der Waals surface area contributed by atoms with Crippen LogP contribution in [0.3, 0.4) is 0 Å². The normalized spacial score (nSPS) is 15.1. The molecule has 0 N–H and O–H groups in total. The number of fused-ring (bicyclic) bond motifs is 3. The van der Waals surface area contributed by atoms with Crippen molar-refractivity contribution in [3.8, 4) is 45.3 Å². The lowest BCUT2D eigenvalue weighted by molar-refractivity contribution is 0.735. The summed E-state index contributed by atoms with van der Waals surface area (Å²) in [5.41, 5.74) is 9.17. The third kappa shape index (κ3) is 4.07. The van der Waals surface area contributed by atoms with Crippen molar-refractivity contribution in [3.63, 3.8) is 0 Å². The van der Waals surface area contributed by atoms with Gasteiger partial charge in [0.2, 0.25) is 0 Å². The van der Waals surface area contributed by atoms with Gasteiger partial charge in [0.1, 0.15) is 0 Å². The zero-order valence-corrected chi connectivity index (χ0v) is 23.3. The topological polar surface area (TPSA) is 51.6 Å². The maximum absolute atomic E-state index is 5.03. The fourth-order valence-corrected chi connectivity index (χ4v) is 6.36. The second-order valence-electron chi connectivity index (χ2n) is 10.7. The van der Waals surface area contributed by atoms with Gasteiger partial charge in [-0.05, 0) is 46.0 Å². The minimum atomic E-state index is -0.595. The number of pyridine rings is 1. The van der Waals surface area contributed by atoms with Crippen LogP contribution in [0.5, 0.6) is 0 Å². The number of nitrogens with zero attached hydrogens (tertiary/aromatic N) is 4. The van der Waals surface area contributed by atoms with Crippen molar-refractivity contribution in [1.82, 2.24) is 19.9 Å². The lowest BCUT2D eigenvalue weighted by Gasteiger charge is -2.32. The second kappa shape index (κ2) is 10.3. The lowest BCUT2D eigenvalue weighted by atomic mass is 9.69. The Morgan fingerprint density at radius 1 is 0.395 bits per heavy atom. The number of rotatable bonds is 5. The van der Waals surface area contributed by atoms with E-state index < -0.39 is 5.41 Å². The van der Waals surface area contributed by atoms with Crippen LogP contribution in [0, 0.1) is 0 Å². The molecule has 202 valence electrons. The Hall–Kier alpha value is -5.74. The van der Waals surface area contributed by atoms with E-state index >= 15 is 0 Å². The highest BCUT2D eigenvalue weighted by Gasteiger charge is 2.47. The summed E-state index contributed by atoms with van der Waals surface area (Å²) in [6.45, 7) is 0. The molecule has 5 aromatic carbocycles. The molecule has 8 rings (SSSR count). The molecule has 0 radical (unpaired) electrons. The summed E-state index contributed by atoms with van der Waals surface area (Å²) in [4.78, 5) is 19.9. The summed E-state index contributed by atoms with van der Waals surface area (Å²) in [5.74, 6) is 1.93. The third-order valence-electron chi connectivity index (χ3n) is 8.26. The van der Waals surface area contributed by atoms with Crippen molar-refractivity contribution >= 4 is 0 Å². The van der Waals surface area contributed by atoms with Gasteiger partial charge < -0.3 is 0 Å². The van der Waals surface area contributed by atoms with Crippen LogP contribution < -0.4 is 0 Å². The van der Waals surface area contributed by atoms with Crippen LogP contribution >= 0.6 is 0 Å². The van der Waals surface area contributed by atoms with Gasteiger partial charge in [-0.25, -0.2) is 15.0 Å². The van der Waals surface area contributed by atoms with Gasteiger partial charge in [-0.3, -0.25) is 4.98 Å². The zero-order valence-electron chi connectivity index (χ0n) is 23.3. The molecule has 1 aliphatic rings. The Kier molecular flexibility index (Phi) is 5.97. The van der Waals surface area contributed by atoms with E-state index in [1.807, 2.05) is 72.9 Å². The van der Waals surface area contributed by atoms with E-state index in [1.54, 1.807) is 0 Å². The van der Waals surface area contributed by atoms with E-state index in [4.69, 9.17) is 19.9 Å². The molecule has 1 unspecified atom stereocenters. The van der Waals surface area contributed by atoms with Crippen molar-refractivity contribution < 1.29 is 0 Å². The Morgan fingerprint density at radius 3 is 1.56 bits per heavy atom. The number of aromatic nitrogens is 4. The van der Waals surface area contributed by atoms with Crippen LogP contribution in [0.1, 0.15) is 22.4 Å². The molecule has 0 bridgehead atoms. The summed E-state index contributed by atoms with van der Waals surface area (Å²) < 4.78 is 0. The van der Waals surface area contributed by atoms with E-state index in [2.05, 4.69) is 84.9 Å². The quantitative estimate of drug-likeness (QED) is 0.215. The predicted molar refractivity (Wildman–Crippen MR) is 171 cm³/mol. The smallest absolute Gasteiger partial charge is 0.164 e.